The van der Waals surface area contributed by atoms with Gasteiger partial charge in [-0.2, -0.15) is 0 Å². The molecule has 27 heavy (non-hydrogen) atoms. The molecule has 0 spiro atoms. The molecule has 0 heterocycles. The Morgan fingerprint density at radius 1 is 0.963 bits per heavy atom. The van der Waals surface area contributed by atoms with Crippen LogP contribution in [0.4, 0.5) is 0 Å². The average Bonchev–Trinajstić information content (AvgIpc) is 2.62. The summed E-state index contributed by atoms with van der Waals surface area (Å²) >= 11 is 14.8. The fraction of sp³-hybridized carbons (Fsp3) is 0.167. The number of hydrogen-bond acceptors (Lipinski definition) is 3. The Morgan fingerprint density at radius 3 is 1.81 bits per heavy atom. The number of carboxylic acids is 1. The monoisotopic (exact) mass is 430 g/mol. The lowest BCUT2D eigenvalue weighted by Gasteiger charge is -2.14. The third-order valence-corrected chi connectivity index (χ3v) is 3.76. The number of benzene rings is 2. The van der Waals surface area contributed by atoms with Gasteiger partial charge in [-0.25, -0.2) is 4.79 Å². The average molecular weight is 432 g/mol. The van der Waals surface area contributed by atoms with E-state index in [4.69, 9.17) is 34.8 Å². The molecule has 0 bridgehead atoms. The van der Waals surface area contributed by atoms with Gasteiger partial charge in [0.1, 0.15) is 6.04 Å². The molecule has 0 aliphatic heterocycles. The third-order valence-electron chi connectivity index (χ3n) is 3.20. The van der Waals surface area contributed by atoms with Gasteiger partial charge in [-0.1, -0.05) is 83.3 Å². The summed E-state index contributed by atoms with van der Waals surface area (Å²) in [5.41, 5.74) is 5.85. The van der Waals surface area contributed by atoms with Crippen molar-refractivity contribution in [2.24, 2.45) is 5.73 Å². The normalized spacial score (nSPS) is 11.5. The van der Waals surface area contributed by atoms with Crippen LogP contribution in [0.5, 0.6) is 0 Å². The van der Waals surface area contributed by atoms with E-state index in [1.165, 1.54) is 0 Å². The van der Waals surface area contributed by atoms with E-state index in [-0.39, 0.29) is 12.3 Å². The lowest BCUT2D eigenvalue weighted by molar-refractivity contribution is -0.139. The van der Waals surface area contributed by atoms with Gasteiger partial charge in [-0.15, -0.1) is 0 Å². The van der Waals surface area contributed by atoms with Crippen LogP contribution < -0.4 is 11.1 Å². The minimum absolute atomic E-state index is 0.259. The van der Waals surface area contributed by atoms with E-state index in [1.54, 1.807) is 30.3 Å². The predicted molar refractivity (Wildman–Crippen MR) is 105 cm³/mol. The maximum atomic E-state index is 12.0. The number of carbonyl (C=O) groups is 3. The van der Waals surface area contributed by atoms with Crippen LogP contribution in [0.15, 0.2) is 60.7 Å². The number of aliphatic carboxylic acids is 1. The summed E-state index contributed by atoms with van der Waals surface area (Å²) in [4.78, 5) is 33.1. The van der Waals surface area contributed by atoms with Gasteiger partial charge < -0.3 is 16.2 Å². The summed E-state index contributed by atoms with van der Waals surface area (Å²) in [6.45, 7) is 0. The Hall–Kier alpha value is -2.28. The van der Waals surface area contributed by atoms with Crippen LogP contribution in [-0.4, -0.2) is 32.7 Å². The molecule has 9 heteroatoms. The van der Waals surface area contributed by atoms with Gasteiger partial charge in [0.05, 0.1) is 0 Å². The smallest absolute Gasteiger partial charge is 0.326 e. The highest BCUT2D eigenvalue weighted by Gasteiger charge is 2.26. The van der Waals surface area contributed by atoms with Gasteiger partial charge in [0.15, 0.2) is 0 Å². The SMILES string of the molecule is NC(=O)C(Cl)(Cl)Cl.O=C(N[C@@H](Cc1ccccc1)C(=O)O)c1ccccc1. The number of hydrogen-bond donors (Lipinski definition) is 3. The number of alkyl halides is 3. The van der Waals surface area contributed by atoms with E-state index >= 15 is 0 Å². The van der Waals surface area contributed by atoms with Crippen LogP contribution in [0.25, 0.3) is 0 Å². The van der Waals surface area contributed by atoms with Crippen molar-refractivity contribution in [1.82, 2.24) is 5.32 Å². The molecule has 0 radical (unpaired) electrons. The Kier molecular flexibility index (Phi) is 9.08. The highest BCUT2D eigenvalue weighted by molar-refractivity contribution is 6.76. The molecule has 0 unspecified atom stereocenters. The Balaban J connectivity index is 0.000000445. The molecule has 2 aromatic rings. The van der Waals surface area contributed by atoms with Crippen LogP contribution in [0.1, 0.15) is 15.9 Å². The van der Waals surface area contributed by atoms with Crippen molar-refractivity contribution in [2.75, 3.05) is 0 Å². The molecular formula is C18H17Cl3N2O4. The van der Waals surface area contributed by atoms with Crippen molar-refractivity contribution in [2.45, 2.75) is 16.3 Å². The molecule has 2 rings (SSSR count). The predicted octanol–water partition coefficient (Wildman–Crippen LogP) is 2.95. The first-order valence-corrected chi connectivity index (χ1v) is 8.74. The highest BCUT2D eigenvalue weighted by atomic mass is 35.6. The first-order chi connectivity index (χ1) is 12.6. The molecule has 2 amide bonds. The summed E-state index contributed by atoms with van der Waals surface area (Å²) in [5, 5.41) is 11.8. The maximum Gasteiger partial charge on any atom is 0.326 e. The number of nitrogens with two attached hydrogens (primary N) is 1. The Labute approximate surface area is 171 Å². The summed E-state index contributed by atoms with van der Waals surface area (Å²) < 4.78 is -1.94. The van der Waals surface area contributed by atoms with Gasteiger partial charge in [0.2, 0.25) is 0 Å². The lowest BCUT2D eigenvalue weighted by Crippen LogP contribution is -2.42. The number of rotatable bonds is 5. The van der Waals surface area contributed by atoms with Crippen LogP contribution >= 0.6 is 34.8 Å². The van der Waals surface area contributed by atoms with Crippen LogP contribution in [0.3, 0.4) is 0 Å². The summed E-state index contributed by atoms with van der Waals surface area (Å²) in [7, 11) is 0. The van der Waals surface area contributed by atoms with Crippen LogP contribution in [0, 0.1) is 0 Å². The molecule has 2 aromatic carbocycles. The minimum atomic E-state index is -1.94. The molecule has 0 aromatic heterocycles. The van der Waals surface area contributed by atoms with Crippen molar-refractivity contribution in [3.05, 3.63) is 71.8 Å². The van der Waals surface area contributed by atoms with Crippen molar-refractivity contribution in [3.8, 4) is 0 Å². The van der Waals surface area contributed by atoms with Crippen LogP contribution in [0.2, 0.25) is 0 Å². The van der Waals surface area contributed by atoms with Crippen molar-refractivity contribution >= 4 is 52.6 Å². The number of halogens is 3. The molecule has 0 saturated carbocycles. The van der Waals surface area contributed by atoms with E-state index in [2.05, 4.69) is 11.1 Å². The van der Waals surface area contributed by atoms with E-state index in [1.807, 2.05) is 30.3 Å². The first-order valence-electron chi connectivity index (χ1n) is 7.60. The second kappa shape index (κ2) is 10.8. The molecule has 144 valence electrons. The second-order valence-electron chi connectivity index (χ2n) is 5.28. The molecule has 0 aliphatic carbocycles. The minimum Gasteiger partial charge on any atom is -0.480 e. The third kappa shape index (κ3) is 8.77. The fourth-order valence-electron chi connectivity index (χ4n) is 1.88. The van der Waals surface area contributed by atoms with E-state index in [0.29, 0.717) is 5.56 Å². The topological polar surface area (TPSA) is 109 Å². The summed E-state index contributed by atoms with van der Waals surface area (Å²) in [5.74, 6) is -2.38. The van der Waals surface area contributed by atoms with Gasteiger partial charge >= 0.3 is 5.97 Å². The number of amides is 2. The van der Waals surface area contributed by atoms with Crippen LogP contribution in [-0.2, 0) is 16.0 Å². The zero-order valence-electron chi connectivity index (χ0n) is 13.9. The quantitative estimate of drug-likeness (QED) is 0.632. The molecule has 4 N–H and O–H groups in total. The highest BCUT2D eigenvalue weighted by Crippen LogP contribution is 2.24. The van der Waals surface area contributed by atoms with Gasteiger partial charge in [0, 0.05) is 12.0 Å². The van der Waals surface area contributed by atoms with Gasteiger partial charge in [-0.05, 0) is 17.7 Å². The van der Waals surface area contributed by atoms with E-state index in [9.17, 15) is 19.5 Å². The fourth-order valence-corrected chi connectivity index (χ4v) is 1.88. The van der Waals surface area contributed by atoms with Crippen molar-refractivity contribution < 1.29 is 19.5 Å². The molecular weight excluding hydrogens is 415 g/mol. The largest absolute Gasteiger partial charge is 0.480 e. The summed E-state index contributed by atoms with van der Waals surface area (Å²) in [6.07, 6.45) is 0.259. The van der Waals surface area contributed by atoms with Crippen molar-refractivity contribution in [3.63, 3.8) is 0 Å². The molecule has 0 saturated heterocycles. The number of nitrogens with one attached hydrogen (secondary N) is 1. The Morgan fingerprint density at radius 2 is 1.41 bits per heavy atom. The summed E-state index contributed by atoms with van der Waals surface area (Å²) in [6, 6.07) is 16.9. The maximum absolute atomic E-state index is 12.0. The number of primary amides is 1. The standard InChI is InChI=1S/C16H15NO3.C2H2Cl3NO/c18-15(13-9-5-2-6-10-13)17-14(16(19)20)11-12-7-3-1-4-8-12;3-2(4,5)1(6)7/h1-10,14H,11H2,(H,17,18)(H,19,20);(H2,6,7)/t14-;/m0./s1. The van der Waals surface area contributed by atoms with Crippen molar-refractivity contribution in [1.29, 1.82) is 0 Å². The first kappa shape index (κ1) is 22.8. The molecule has 1 atom stereocenters. The zero-order valence-corrected chi connectivity index (χ0v) is 16.2. The Bertz CT molecular complexity index is 765. The van der Waals surface area contributed by atoms with E-state index < -0.39 is 21.7 Å². The zero-order chi connectivity index (χ0) is 20.4. The molecule has 0 fully saturated rings. The lowest BCUT2D eigenvalue weighted by atomic mass is 10.1. The molecule has 0 aliphatic rings. The van der Waals surface area contributed by atoms with E-state index in [0.717, 1.165) is 5.56 Å². The van der Waals surface area contributed by atoms with Gasteiger partial charge in [0.25, 0.3) is 15.6 Å². The number of carboxylic acid groups (broad SMARTS) is 1. The van der Waals surface area contributed by atoms with Gasteiger partial charge in [-0.3, -0.25) is 9.59 Å². The second-order valence-corrected chi connectivity index (χ2v) is 7.56. The number of carbonyl (C=O) groups excluding carboxylic acids is 2. The molecule has 6 nitrogen and oxygen atoms in total.